The lowest BCUT2D eigenvalue weighted by molar-refractivity contribution is -0.140. The highest BCUT2D eigenvalue weighted by Crippen LogP contribution is 2.28. The minimum absolute atomic E-state index is 0.0333. The maximum atomic E-state index is 14.7. The molecule has 0 heterocycles. The maximum Gasteiger partial charge on any atom is 0.264 e. The second-order valence-electron chi connectivity index (χ2n) is 12.8. The van der Waals surface area contributed by atoms with Gasteiger partial charge in [-0.15, -0.1) is 0 Å². The van der Waals surface area contributed by atoms with E-state index in [0.717, 1.165) is 59.9 Å². The molecule has 0 unspecified atom stereocenters. The quantitative estimate of drug-likeness (QED) is 0.167. The average molecular weight is 686 g/mol. The Morgan fingerprint density at radius 2 is 1.48 bits per heavy atom. The number of halogens is 1. The Hall–Kier alpha value is -4.14. The van der Waals surface area contributed by atoms with Crippen molar-refractivity contribution in [1.29, 1.82) is 0 Å². The summed E-state index contributed by atoms with van der Waals surface area (Å²) >= 11 is 6.20. The monoisotopic (exact) mass is 685 g/mol. The number of nitrogens with zero attached hydrogens (tertiary/aromatic N) is 2. The molecule has 0 saturated heterocycles. The smallest absolute Gasteiger partial charge is 0.264 e. The number of aryl methyl sites for hydroxylation is 3. The predicted molar refractivity (Wildman–Crippen MR) is 193 cm³/mol. The van der Waals surface area contributed by atoms with Crippen molar-refractivity contribution in [3.8, 4) is 0 Å². The van der Waals surface area contributed by atoms with Crippen molar-refractivity contribution >= 4 is 39.1 Å². The van der Waals surface area contributed by atoms with Crippen molar-refractivity contribution in [2.75, 3.05) is 10.8 Å². The zero-order valence-corrected chi connectivity index (χ0v) is 29.4. The molecule has 0 aromatic heterocycles. The van der Waals surface area contributed by atoms with Gasteiger partial charge in [0.05, 0.1) is 10.6 Å². The lowest BCUT2D eigenvalue weighted by Gasteiger charge is -2.35. The number of anilines is 1. The molecule has 9 heteroatoms. The molecule has 0 aliphatic heterocycles. The molecule has 1 fully saturated rings. The van der Waals surface area contributed by atoms with E-state index in [2.05, 4.69) is 5.32 Å². The molecule has 7 nitrogen and oxygen atoms in total. The lowest BCUT2D eigenvalue weighted by Crippen LogP contribution is -2.55. The Bertz CT molecular complexity index is 1810. The van der Waals surface area contributed by atoms with E-state index in [4.69, 9.17) is 11.6 Å². The van der Waals surface area contributed by atoms with E-state index in [1.807, 2.05) is 69.3 Å². The first-order valence-corrected chi connectivity index (χ1v) is 18.4. The highest BCUT2D eigenvalue weighted by Gasteiger charge is 2.35. The summed E-state index contributed by atoms with van der Waals surface area (Å²) in [5.74, 6) is -0.731. The van der Waals surface area contributed by atoms with Crippen LogP contribution < -0.4 is 9.62 Å². The van der Waals surface area contributed by atoms with Crippen molar-refractivity contribution in [3.63, 3.8) is 0 Å². The van der Waals surface area contributed by atoms with E-state index < -0.39 is 28.5 Å². The topological polar surface area (TPSA) is 86.8 Å². The molecule has 1 aliphatic carbocycles. The molecule has 5 rings (SSSR count). The van der Waals surface area contributed by atoms with E-state index in [1.165, 1.54) is 9.21 Å². The standard InChI is InChI=1S/C39H44ClN3O4S/c1-28-14-22-36(23-15-28)48(46,47)43(35-21-16-29(2)30(3)24-35)27-38(44)42(26-32-17-19-33(40)20-18-32)37(25-31-10-6-4-7-11-31)39(45)41-34-12-8-5-9-13-34/h4,6-7,10-11,14-24,34,37H,5,8-9,12-13,25-27H2,1-3H3,(H,41,45)/t37-/m0/s1. The number of sulfonamides is 1. The van der Waals surface area contributed by atoms with Gasteiger partial charge in [-0.1, -0.05) is 97.1 Å². The number of rotatable bonds is 12. The Morgan fingerprint density at radius 1 is 0.812 bits per heavy atom. The molecule has 0 bridgehead atoms. The van der Waals surface area contributed by atoms with Gasteiger partial charge in [0.1, 0.15) is 12.6 Å². The van der Waals surface area contributed by atoms with Crippen LogP contribution in [0.5, 0.6) is 0 Å². The van der Waals surface area contributed by atoms with Gasteiger partial charge in [0.25, 0.3) is 10.0 Å². The van der Waals surface area contributed by atoms with Crippen LogP contribution in [0.1, 0.15) is 59.9 Å². The molecular formula is C39H44ClN3O4S. The summed E-state index contributed by atoms with van der Waals surface area (Å²) in [6.45, 7) is 5.36. The highest BCUT2D eigenvalue weighted by molar-refractivity contribution is 7.92. The molecular weight excluding hydrogens is 642 g/mol. The Kier molecular flexibility index (Phi) is 11.6. The summed E-state index contributed by atoms with van der Waals surface area (Å²) < 4.78 is 29.8. The van der Waals surface area contributed by atoms with Crippen LogP contribution in [0.2, 0.25) is 5.02 Å². The molecule has 0 radical (unpaired) electrons. The van der Waals surface area contributed by atoms with Crippen LogP contribution in [0.15, 0.2) is 102 Å². The van der Waals surface area contributed by atoms with Crippen molar-refractivity contribution < 1.29 is 18.0 Å². The molecule has 1 saturated carbocycles. The summed E-state index contributed by atoms with van der Waals surface area (Å²) in [5.41, 5.74) is 4.87. The molecule has 4 aromatic carbocycles. The fraction of sp³-hybridized carbons (Fsp3) is 0.333. The number of benzene rings is 4. The summed E-state index contributed by atoms with van der Waals surface area (Å²) in [4.78, 5) is 30.6. The van der Waals surface area contributed by atoms with E-state index >= 15 is 0 Å². The zero-order chi connectivity index (χ0) is 34.3. The van der Waals surface area contributed by atoms with Crippen LogP contribution in [-0.2, 0) is 32.6 Å². The zero-order valence-electron chi connectivity index (χ0n) is 27.9. The molecule has 1 N–H and O–H groups in total. The van der Waals surface area contributed by atoms with Gasteiger partial charge in [0, 0.05) is 24.0 Å². The third kappa shape index (κ3) is 8.85. The lowest BCUT2D eigenvalue weighted by atomic mass is 9.94. The molecule has 1 atom stereocenters. The number of carbonyl (C=O) groups is 2. The fourth-order valence-corrected chi connectivity index (χ4v) is 7.66. The molecule has 4 aromatic rings. The maximum absolute atomic E-state index is 14.7. The van der Waals surface area contributed by atoms with Crippen LogP contribution in [0.4, 0.5) is 5.69 Å². The summed E-state index contributed by atoms with van der Waals surface area (Å²) in [6, 6.07) is 27.9. The van der Waals surface area contributed by atoms with Crippen molar-refractivity contribution in [2.24, 2.45) is 0 Å². The second kappa shape index (κ2) is 15.8. The minimum atomic E-state index is -4.17. The van der Waals surface area contributed by atoms with E-state index in [9.17, 15) is 18.0 Å². The van der Waals surface area contributed by atoms with Crippen molar-refractivity contribution in [2.45, 2.75) is 82.8 Å². The second-order valence-corrected chi connectivity index (χ2v) is 15.1. The summed E-state index contributed by atoms with van der Waals surface area (Å²) in [6.07, 6.45) is 5.29. The van der Waals surface area contributed by atoms with E-state index in [1.54, 1.807) is 48.5 Å². The normalized spacial score (nSPS) is 14.2. The number of amides is 2. The summed E-state index contributed by atoms with van der Waals surface area (Å²) in [5, 5.41) is 3.80. The SMILES string of the molecule is Cc1ccc(S(=O)(=O)N(CC(=O)N(Cc2ccc(Cl)cc2)[C@@H](Cc2ccccc2)C(=O)NC2CCCCC2)c2ccc(C)c(C)c2)cc1. The van der Waals surface area contributed by atoms with Gasteiger partial charge >= 0.3 is 0 Å². The van der Waals surface area contributed by atoms with E-state index in [-0.39, 0.29) is 29.8 Å². The molecule has 0 spiro atoms. The molecule has 1 aliphatic rings. The Labute approximate surface area is 290 Å². The van der Waals surface area contributed by atoms with Crippen molar-refractivity contribution in [1.82, 2.24) is 10.2 Å². The first-order valence-electron chi connectivity index (χ1n) is 16.6. The van der Waals surface area contributed by atoms with Crippen LogP contribution in [0.3, 0.4) is 0 Å². The number of nitrogens with one attached hydrogen (secondary N) is 1. The summed E-state index contributed by atoms with van der Waals surface area (Å²) in [7, 11) is -4.17. The van der Waals surface area contributed by atoms with E-state index in [0.29, 0.717) is 10.7 Å². The average Bonchev–Trinajstić information content (AvgIpc) is 3.08. The minimum Gasteiger partial charge on any atom is -0.352 e. The van der Waals surface area contributed by atoms with Gasteiger partial charge in [0.15, 0.2) is 0 Å². The predicted octanol–water partition coefficient (Wildman–Crippen LogP) is 7.55. The number of carbonyl (C=O) groups excluding carboxylic acids is 2. The number of hydrogen-bond acceptors (Lipinski definition) is 4. The van der Waals surface area contributed by atoms with Crippen LogP contribution >= 0.6 is 11.6 Å². The molecule has 252 valence electrons. The largest absolute Gasteiger partial charge is 0.352 e. The van der Waals surface area contributed by atoms with Crippen LogP contribution in [0.25, 0.3) is 0 Å². The molecule has 2 amide bonds. The Morgan fingerprint density at radius 3 is 2.12 bits per heavy atom. The van der Waals surface area contributed by atoms with Crippen LogP contribution in [0, 0.1) is 20.8 Å². The van der Waals surface area contributed by atoms with Gasteiger partial charge in [-0.25, -0.2) is 8.42 Å². The van der Waals surface area contributed by atoms with Gasteiger partial charge in [-0.3, -0.25) is 13.9 Å². The van der Waals surface area contributed by atoms with Gasteiger partial charge < -0.3 is 10.2 Å². The Balaban J connectivity index is 1.57. The van der Waals surface area contributed by atoms with Crippen molar-refractivity contribution in [3.05, 3.63) is 130 Å². The number of hydrogen-bond donors (Lipinski definition) is 1. The third-order valence-corrected chi connectivity index (χ3v) is 11.2. The molecule has 48 heavy (non-hydrogen) atoms. The first kappa shape index (κ1) is 35.2. The first-order chi connectivity index (χ1) is 23.0. The van der Waals surface area contributed by atoms with Gasteiger partial charge in [-0.05, 0) is 92.3 Å². The van der Waals surface area contributed by atoms with Gasteiger partial charge in [0.2, 0.25) is 11.8 Å². The highest BCUT2D eigenvalue weighted by atomic mass is 35.5. The third-order valence-electron chi connectivity index (χ3n) is 9.16. The van der Waals surface area contributed by atoms with Gasteiger partial charge in [-0.2, -0.15) is 0 Å². The van der Waals surface area contributed by atoms with Crippen LogP contribution in [-0.4, -0.2) is 43.8 Å². The fourth-order valence-electron chi connectivity index (χ4n) is 6.13.